The zero-order chi connectivity index (χ0) is 26.5. The van der Waals surface area contributed by atoms with Crippen LogP contribution in [0.5, 0.6) is 11.6 Å². The van der Waals surface area contributed by atoms with Crippen molar-refractivity contribution in [3.05, 3.63) is 59.8 Å². The molecular weight excluding hydrogens is 491 g/mol. The van der Waals surface area contributed by atoms with E-state index in [-0.39, 0.29) is 17.8 Å². The predicted molar refractivity (Wildman–Crippen MR) is 126 cm³/mol. The molecule has 0 saturated heterocycles. The van der Waals surface area contributed by atoms with E-state index in [1.54, 1.807) is 29.2 Å². The first-order valence-electron chi connectivity index (χ1n) is 11.3. The minimum atomic E-state index is -4.59. The Balaban J connectivity index is 1.36. The molecule has 4 heterocycles. The molecule has 10 nitrogen and oxygen atoms in total. The Kier molecular flexibility index (Phi) is 5.85. The third-order valence-corrected chi connectivity index (χ3v) is 6.25. The quantitative estimate of drug-likeness (QED) is 0.437. The highest BCUT2D eigenvalue weighted by molar-refractivity contribution is 5.98. The van der Waals surface area contributed by atoms with Crippen molar-refractivity contribution < 1.29 is 27.5 Å². The number of aromatic nitrogens is 5. The highest BCUT2D eigenvalue weighted by atomic mass is 19.4. The molecule has 2 amide bonds. The largest absolute Gasteiger partial charge is 0.439 e. The van der Waals surface area contributed by atoms with Gasteiger partial charge in [0.15, 0.2) is 5.82 Å². The highest BCUT2D eigenvalue weighted by Gasteiger charge is 2.35. The van der Waals surface area contributed by atoms with Crippen molar-refractivity contribution in [1.82, 2.24) is 29.2 Å². The van der Waals surface area contributed by atoms with Gasteiger partial charge in [0.2, 0.25) is 11.8 Å². The Morgan fingerprint density at radius 3 is 2.65 bits per heavy atom. The fourth-order valence-corrected chi connectivity index (χ4v) is 4.44. The van der Waals surface area contributed by atoms with Crippen molar-refractivity contribution in [2.24, 2.45) is 7.05 Å². The van der Waals surface area contributed by atoms with Crippen molar-refractivity contribution >= 4 is 28.7 Å². The highest BCUT2D eigenvalue weighted by Crippen LogP contribution is 2.33. The van der Waals surface area contributed by atoms with Crippen LogP contribution in [0.2, 0.25) is 0 Å². The van der Waals surface area contributed by atoms with Gasteiger partial charge in [-0.1, -0.05) is 0 Å². The van der Waals surface area contributed by atoms with Gasteiger partial charge in [0.25, 0.3) is 0 Å². The minimum absolute atomic E-state index is 0.0259. The summed E-state index contributed by atoms with van der Waals surface area (Å²) in [6.45, 7) is 3.86. The molecule has 1 aliphatic heterocycles. The molecule has 1 aromatic carbocycles. The van der Waals surface area contributed by atoms with Gasteiger partial charge in [-0.3, -0.25) is 19.4 Å². The van der Waals surface area contributed by atoms with Gasteiger partial charge in [0, 0.05) is 43.2 Å². The third-order valence-electron chi connectivity index (χ3n) is 6.25. The van der Waals surface area contributed by atoms with Crippen LogP contribution < -0.4 is 10.1 Å². The lowest BCUT2D eigenvalue weighted by Gasteiger charge is -2.33. The van der Waals surface area contributed by atoms with Crippen LogP contribution in [0.3, 0.4) is 0 Å². The van der Waals surface area contributed by atoms with Crippen LogP contribution in [0, 0.1) is 0 Å². The van der Waals surface area contributed by atoms with Gasteiger partial charge in [-0.05, 0) is 37.6 Å². The van der Waals surface area contributed by atoms with E-state index in [1.807, 2.05) is 6.92 Å². The zero-order valence-electron chi connectivity index (χ0n) is 20.1. The molecular formula is C24H22F3N7O3. The van der Waals surface area contributed by atoms with Crippen molar-refractivity contribution in [1.29, 1.82) is 0 Å². The van der Waals surface area contributed by atoms with E-state index in [1.165, 1.54) is 24.0 Å². The number of hydrogen-bond acceptors (Lipinski definition) is 6. The molecule has 1 atom stereocenters. The third kappa shape index (κ3) is 4.59. The molecule has 0 saturated carbocycles. The first-order valence-corrected chi connectivity index (χ1v) is 11.3. The number of aryl methyl sites for hydroxylation is 1. The number of hydrogen-bond donors (Lipinski definition) is 1. The number of halogens is 3. The van der Waals surface area contributed by atoms with Crippen molar-refractivity contribution in [3.8, 4) is 11.6 Å². The predicted octanol–water partition coefficient (Wildman–Crippen LogP) is 4.35. The van der Waals surface area contributed by atoms with Crippen LogP contribution in [0.15, 0.2) is 42.9 Å². The molecule has 0 radical (unpaired) electrons. The summed E-state index contributed by atoms with van der Waals surface area (Å²) in [7, 11) is 1.15. The summed E-state index contributed by atoms with van der Waals surface area (Å²) >= 11 is 0. The zero-order valence-corrected chi connectivity index (χ0v) is 20.1. The second kappa shape index (κ2) is 8.91. The Bertz CT molecular complexity index is 1530. The van der Waals surface area contributed by atoms with Gasteiger partial charge in [-0.15, -0.1) is 0 Å². The molecule has 4 aromatic rings. The molecule has 3 aromatic heterocycles. The lowest BCUT2D eigenvalue weighted by atomic mass is 9.99. The maximum absolute atomic E-state index is 13.0. The topological polar surface area (TPSA) is 107 Å². The standard InChI is InChI=1S/C24H22F3N7O3/c1-13-8-17-18(11-34(13)14(2)35)28-12-29-22(17)37-16-4-5-19-15(9-16)6-7-33(19)23(36)30-21-10-20(24(25,26)27)32(3)31-21/h4-7,9-10,12-13H,8,11H2,1-3H3,(H,30,31,36). The fraction of sp³-hybridized carbons (Fsp3) is 0.292. The molecule has 1 aliphatic rings. The first kappa shape index (κ1) is 24.3. The molecule has 0 aliphatic carbocycles. The van der Waals surface area contributed by atoms with Crippen LogP contribution >= 0.6 is 0 Å². The number of anilines is 1. The number of alkyl halides is 3. The molecule has 1 N–H and O–H groups in total. The van der Waals surface area contributed by atoms with Gasteiger partial charge >= 0.3 is 12.2 Å². The second-order valence-electron chi connectivity index (χ2n) is 8.78. The van der Waals surface area contributed by atoms with Gasteiger partial charge < -0.3 is 9.64 Å². The summed E-state index contributed by atoms with van der Waals surface area (Å²) in [5.74, 6) is 0.634. The van der Waals surface area contributed by atoms with Crippen LogP contribution in [0.1, 0.15) is 30.8 Å². The number of nitrogens with one attached hydrogen (secondary N) is 1. The summed E-state index contributed by atoms with van der Waals surface area (Å²) in [6.07, 6.45) is -1.14. The van der Waals surface area contributed by atoms with Crippen LogP contribution in [0.25, 0.3) is 10.9 Å². The van der Waals surface area contributed by atoms with Gasteiger partial charge in [0.1, 0.15) is 17.8 Å². The van der Waals surface area contributed by atoms with E-state index in [0.29, 0.717) is 40.2 Å². The number of nitrogens with zero attached hydrogens (tertiary/aromatic N) is 6. The maximum atomic E-state index is 13.0. The molecule has 13 heteroatoms. The van der Waals surface area contributed by atoms with E-state index in [9.17, 15) is 22.8 Å². The summed E-state index contributed by atoms with van der Waals surface area (Å²) in [6, 6.07) is 6.82. The second-order valence-corrected chi connectivity index (χ2v) is 8.78. The first-order chi connectivity index (χ1) is 17.5. The normalized spacial score (nSPS) is 15.5. The molecule has 192 valence electrons. The molecule has 1 unspecified atom stereocenters. The Hall–Kier alpha value is -4.42. The van der Waals surface area contributed by atoms with Crippen molar-refractivity contribution in [3.63, 3.8) is 0 Å². The molecule has 37 heavy (non-hydrogen) atoms. The molecule has 5 rings (SSSR count). The van der Waals surface area contributed by atoms with Crippen LogP contribution in [0.4, 0.5) is 23.8 Å². The van der Waals surface area contributed by atoms with Crippen LogP contribution in [-0.4, -0.2) is 47.2 Å². The monoisotopic (exact) mass is 513 g/mol. The van der Waals surface area contributed by atoms with E-state index in [4.69, 9.17) is 4.74 Å². The number of ether oxygens (including phenoxy) is 1. The van der Waals surface area contributed by atoms with Gasteiger partial charge in [-0.25, -0.2) is 14.8 Å². The Morgan fingerprint density at radius 1 is 1.16 bits per heavy atom. The lowest BCUT2D eigenvalue weighted by molar-refractivity contribution is -0.143. The molecule has 0 bridgehead atoms. The SMILES string of the molecule is CC(=O)N1Cc2ncnc(Oc3ccc4c(ccn4C(=O)Nc4cc(C(F)(F)F)n(C)n4)c3)c2CC1C. The van der Waals surface area contributed by atoms with Gasteiger partial charge in [-0.2, -0.15) is 18.3 Å². The summed E-state index contributed by atoms with van der Waals surface area (Å²) in [5.41, 5.74) is 1.10. The number of carbonyl (C=O) groups is 2. The number of fused-ring (bicyclic) bond motifs is 2. The van der Waals surface area contributed by atoms with Gasteiger partial charge in [0.05, 0.1) is 17.8 Å². The van der Waals surface area contributed by atoms with E-state index < -0.39 is 17.9 Å². The number of benzene rings is 1. The molecule has 0 fully saturated rings. The average molecular weight is 513 g/mol. The number of amides is 2. The van der Waals surface area contributed by atoms with E-state index >= 15 is 0 Å². The van der Waals surface area contributed by atoms with Crippen LogP contribution in [-0.2, 0) is 31.0 Å². The minimum Gasteiger partial charge on any atom is -0.439 e. The average Bonchev–Trinajstić information content (AvgIpc) is 3.41. The lowest BCUT2D eigenvalue weighted by Crippen LogP contribution is -2.41. The summed E-state index contributed by atoms with van der Waals surface area (Å²) in [4.78, 5) is 35.0. The fourth-order valence-electron chi connectivity index (χ4n) is 4.44. The maximum Gasteiger partial charge on any atom is 0.433 e. The summed E-state index contributed by atoms with van der Waals surface area (Å²) < 4.78 is 47.1. The van der Waals surface area contributed by atoms with Crippen molar-refractivity contribution in [2.75, 3.05) is 5.32 Å². The molecule has 0 spiro atoms. The van der Waals surface area contributed by atoms with E-state index in [2.05, 4.69) is 20.4 Å². The summed E-state index contributed by atoms with van der Waals surface area (Å²) in [5, 5.41) is 6.78. The Morgan fingerprint density at radius 2 is 1.95 bits per heavy atom. The smallest absolute Gasteiger partial charge is 0.433 e. The Labute approximate surface area is 208 Å². The van der Waals surface area contributed by atoms with E-state index in [0.717, 1.165) is 24.4 Å². The van der Waals surface area contributed by atoms with Crippen molar-refractivity contribution in [2.45, 2.75) is 39.0 Å². The number of carbonyl (C=O) groups excluding carboxylic acids is 2. The number of rotatable bonds is 3.